The molecule has 3 N–H and O–H groups in total. The Bertz CT molecular complexity index is 547. The van der Waals surface area contributed by atoms with Crippen LogP contribution in [0, 0.1) is 0 Å². The molecular formula is C14H15BrN2O2. The van der Waals surface area contributed by atoms with Gasteiger partial charge in [0.15, 0.2) is 0 Å². The second-order valence-electron chi connectivity index (χ2n) is 3.96. The fourth-order valence-corrected chi connectivity index (χ4v) is 2.14. The third-order valence-electron chi connectivity index (χ3n) is 2.64. The summed E-state index contributed by atoms with van der Waals surface area (Å²) in [5.74, 6) is 0.907. The van der Waals surface area contributed by atoms with Crippen LogP contribution in [0.1, 0.15) is 5.56 Å². The number of ether oxygens (including phenoxy) is 1. The largest absolute Gasteiger partial charge is 0.508 e. The lowest BCUT2D eigenvalue weighted by Gasteiger charge is -2.11. The summed E-state index contributed by atoms with van der Waals surface area (Å²) in [6.45, 7) is 0.477. The molecule has 2 aromatic rings. The molecule has 0 aromatic heterocycles. The number of nitrogens with one attached hydrogen (secondary N) is 2. The highest BCUT2D eigenvalue weighted by molar-refractivity contribution is 9.10. The summed E-state index contributed by atoms with van der Waals surface area (Å²) in [5.41, 5.74) is 7.82. The van der Waals surface area contributed by atoms with E-state index in [1.165, 1.54) is 0 Å². The number of hydrogen-bond acceptors (Lipinski definition) is 4. The highest BCUT2D eigenvalue weighted by atomic mass is 79.9. The summed E-state index contributed by atoms with van der Waals surface area (Å²) in [5, 5.41) is 9.86. The van der Waals surface area contributed by atoms with Crippen molar-refractivity contribution in [1.29, 1.82) is 0 Å². The molecule has 0 aliphatic heterocycles. The minimum absolute atomic E-state index is 0.218. The lowest BCUT2D eigenvalue weighted by molar-refractivity contribution is 0.407. The minimum atomic E-state index is 0.218. The van der Waals surface area contributed by atoms with E-state index in [1.807, 2.05) is 30.3 Å². The highest BCUT2D eigenvalue weighted by Crippen LogP contribution is 2.31. The number of phenolic OH excluding ortho intramolecular Hbond substituents is 1. The minimum Gasteiger partial charge on any atom is -0.508 e. The van der Waals surface area contributed by atoms with Crippen LogP contribution in [0.5, 0.6) is 11.5 Å². The predicted octanol–water partition coefficient (Wildman–Crippen LogP) is 3.28. The third kappa shape index (κ3) is 3.62. The van der Waals surface area contributed by atoms with Gasteiger partial charge >= 0.3 is 0 Å². The van der Waals surface area contributed by atoms with Gasteiger partial charge in [0.1, 0.15) is 11.5 Å². The van der Waals surface area contributed by atoms with Gasteiger partial charge in [-0.3, -0.25) is 0 Å². The van der Waals surface area contributed by atoms with Crippen molar-refractivity contribution in [3.63, 3.8) is 0 Å². The number of benzene rings is 2. The summed E-state index contributed by atoms with van der Waals surface area (Å²) >= 11 is 3.33. The van der Waals surface area contributed by atoms with Crippen molar-refractivity contribution in [1.82, 2.24) is 5.43 Å². The van der Waals surface area contributed by atoms with Crippen LogP contribution in [0.25, 0.3) is 0 Å². The summed E-state index contributed by atoms with van der Waals surface area (Å²) in [7, 11) is 1.59. The van der Waals surface area contributed by atoms with Gasteiger partial charge in [-0.15, -0.1) is 0 Å². The standard InChI is InChI=1S/C14H15BrN2O2/c1-19-14-7-10(13(18)8-12(14)15)9-16-17-11-5-3-2-4-6-11/h2-8,16-18H,9H2,1H3. The van der Waals surface area contributed by atoms with Crippen LogP contribution >= 0.6 is 15.9 Å². The number of rotatable bonds is 5. The number of anilines is 1. The van der Waals surface area contributed by atoms with Crippen LogP contribution in [-0.4, -0.2) is 12.2 Å². The van der Waals surface area contributed by atoms with Gasteiger partial charge in [0.2, 0.25) is 0 Å². The number of hydrazine groups is 1. The van der Waals surface area contributed by atoms with E-state index in [0.717, 1.165) is 15.7 Å². The first-order valence-electron chi connectivity index (χ1n) is 5.80. The molecule has 0 spiro atoms. The normalized spacial score (nSPS) is 10.2. The van der Waals surface area contributed by atoms with Crippen molar-refractivity contribution >= 4 is 21.6 Å². The van der Waals surface area contributed by atoms with E-state index in [2.05, 4.69) is 26.8 Å². The zero-order valence-electron chi connectivity index (χ0n) is 10.5. The fraction of sp³-hybridized carbons (Fsp3) is 0.143. The van der Waals surface area contributed by atoms with Crippen LogP contribution in [-0.2, 0) is 6.54 Å². The van der Waals surface area contributed by atoms with Gasteiger partial charge in [0.25, 0.3) is 0 Å². The first-order valence-corrected chi connectivity index (χ1v) is 6.59. The SMILES string of the molecule is COc1cc(CNNc2ccccc2)c(O)cc1Br. The smallest absolute Gasteiger partial charge is 0.133 e. The average molecular weight is 323 g/mol. The Morgan fingerprint density at radius 3 is 2.63 bits per heavy atom. The third-order valence-corrected chi connectivity index (χ3v) is 3.26. The van der Waals surface area contributed by atoms with Crippen molar-refractivity contribution in [2.24, 2.45) is 0 Å². The molecule has 0 aliphatic carbocycles. The van der Waals surface area contributed by atoms with Crippen LogP contribution in [0.15, 0.2) is 46.9 Å². The van der Waals surface area contributed by atoms with Crippen LogP contribution in [0.2, 0.25) is 0 Å². The fourth-order valence-electron chi connectivity index (χ4n) is 1.65. The number of methoxy groups -OCH3 is 1. The second kappa shape index (κ2) is 6.45. The van der Waals surface area contributed by atoms with E-state index in [-0.39, 0.29) is 5.75 Å². The maximum Gasteiger partial charge on any atom is 0.133 e. The topological polar surface area (TPSA) is 53.5 Å². The molecule has 0 heterocycles. The van der Waals surface area contributed by atoms with E-state index >= 15 is 0 Å². The molecule has 0 unspecified atom stereocenters. The molecule has 0 saturated carbocycles. The van der Waals surface area contributed by atoms with Gasteiger partial charge in [-0.2, -0.15) is 0 Å². The molecule has 5 heteroatoms. The van der Waals surface area contributed by atoms with Crippen LogP contribution < -0.4 is 15.6 Å². The number of aromatic hydroxyl groups is 1. The lowest BCUT2D eigenvalue weighted by Crippen LogP contribution is -2.20. The molecule has 0 aliphatic rings. The first-order chi connectivity index (χ1) is 9.20. The Balaban J connectivity index is 2.00. The Morgan fingerprint density at radius 1 is 1.21 bits per heavy atom. The molecule has 19 heavy (non-hydrogen) atoms. The average Bonchev–Trinajstić information content (AvgIpc) is 2.42. The predicted molar refractivity (Wildman–Crippen MR) is 79.3 cm³/mol. The van der Waals surface area contributed by atoms with Gasteiger partial charge in [0, 0.05) is 17.8 Å². The Hall–Kier alpha value is -1.72. The summed E-state index contributed by atoms with van der Waals surface area (Å²) < 4.78 is 5.93. The van der Waals surface area contributed by atoms with Gasteiger partial charge in [-0.1, -0.05) is 18.2 Å². The zero-order chi connectivity index (χ0) is 13.7. The summed E-state index contributed by atoms with van der Waals surface area (Å²) in [6.07, 6.45) is 0. The van der Waals surface area contributed by atoms with Gasteiger partial charge in [-0.25, -0.2) is 5.43 Å². The number of halogens is 1. The maximum absolute atomic E-state index is 9.86. The van der Waals surface area contributed by atoms with E-state index in [1.54, 1.807) is 19.2 Å². The van der Waals surface area contributed by atoms with Gasteiger partial charge in [-0.05, 0) is 40.2 Å². The highest BCUT2D eigenvalue weighted by Gasteiger charge is 2.07. The Kier molecular flexibility index (Phi) is 4.65. The van der Waals surface area contributed by atoms with E-state index in [9.17, 15) is 5.11 Å². The van der Waals surface area contributed by atoms with E-state index in [4.69, 9.17) is 4.74 Å². The first kappa shape index (κ1) is 13.7. The molecule has 2 aromatic carbocycles. The van der Waals surface area contributed by atoms with Crippen LogP contribution in [0.4, 0.5) is 5.69 Å². The number of phenols is 1. The van der Waals surface area contributed by atoms with Crippen molar-refractivity contribution in [2.45, 2.75) is 6.54 Å². The second-order valence-corrected chi connectivity index (χ2v) is 4.81. The molecule has 0 radical (unpaired) electrons. The summed E-state index contributed by atoms with van der Waals surface area (Å²) in [4.78, 5) is 0. The summed E-state index contributed by atoms with van der Waals surface area (Å²) in [6, 6.07) is 13.2. The molecule has 100 valence electrons. The molecule has 0 atom stereocenters. The molecular weight excluding hydrogens is 308 g/mol. The van der Waals surface area contributed by atoms with E-state index in [0.29, 0.717) is 12.3 Å². The monoisotopic (exact) mass is 322 g/mol. The molecule has 0 amide bonds. The maximum atomic E-state index is 9.86. The lowest BCUT2D eigenvalue weighted by atomic mass is 10.2. The van der Waals surface area contributed by atoms with Gasteiger partial charge in [0.05, 0.1) is 11.6 Å². The number of hydrogen-bond donors (Lipinski definition) is 3. The Labute approximate surface area is 120 Å². The molecule has 4 nitrogen and oxygen atoms in total. The zero-order valence-corrected chi connectivity index (χ0v) is 12.1. The van der Waals surface area contributed by atoms with E-state index < -0.39 is 0 Å². The number of para-hydroxylation sites is 1. The molecule has 0 saturated heterocycles. The molecule has 0 fully saturated rings. The molecule has 0 bridgehead atoms. The van der Waals surface area contributed by atoms with Crippen molar-refractivity contribution in [3.8, 4) is 11.5 Å². The van der Waals surface area contributed by atoms with Crippen molar-refractivity contribution in [2.75, 3.05) is 12.5 Å². The van der Waals surface area contributed by atoms with Gasteiger partial charge < -0.3 is 15.3 Å². The Morgan fingerprint density at radius 2 is 1.95 bits per heavy atom. The van der Waals surface area contributed by atoms with Crippen LogP contribution in [0.3, 0.4) is 0 Å². The molecule has 2 rings (SSSR count). The van der Waals surface area contributed by atoms with Crippen molar-refractivity contribution < 1.29 is 9.84 Å². The quantitative estimate of drug-likeness (QED) is 0.739. The van der Waals surface area contributed by atoms with Crippen molar-refractivity contribution in [3.05, 3.63) is 52.5 Å².